The predicted octanol–water partition coefficient (Wildman–Crippen LogP) is 3.71. The second-order valence-corrected chi connectivity index (χ2v) is 4.97. The molecular weight excluding hydrogens is 132 g/mol. The summed E-state index contributed by atoms with van der Waals surface area (Å²) in [6, 6.07) is 0. The Morgan fingerprint density at radius 3 is 2.00 bits per heavy atom. The first kappa shape index (κ1) is 9.09. The lowest BCUT2D eigenvalue weighted by Gasteiger charge is -2.35. The van der Waals surface area contributed by atoms with Gasteiger partial charge in [-0.25, -0.2) is 0 Å². The summed E-state index contributed by atoms with van der Waals surface area (Å²) in [5.74, 6) is 2.72. The summed E-state index contributed by atoms with van der Waals surface area (Å²) in [6.45, 7) is 12.0. The molecule has 0 saturated heterocycles. The highest BCUT2D eigenvalue weighted by molar-refractivity contribution is 4.91. The van der Waals surface area contributed by atoms with E-state index in [-0.39, 0.29) is 0 Å². The molecular formula is C11H22. The molecule has 0 spiro atoms. The lowest BCUT2D eigenvalue weighted by Crippen LogP contribution is -2.27. The molecule has 3 atom stereocenters. The van der Waals surface area contributed by atoms with Crippen molar-refractivity contribution in [1.82, 2.24) is 0 Å². The van der Waals surface area contributed by atoms with E-state index in [1.54, 1.807) is 0 Å². The van der Waals surface area contributed by atoms with Gasteiger partial charge in [-0.2, -0.15) is 0 Å². The molecule has 1 rings (SSSR count). The maximum absolute atomic E-state index is 2.46. The van der Waals surface area contributed by atoms with Crippen LogP contribution >= 0.6 is 0 Å². The SMILES string of the molecule is CC(C)C1(C)CC[C@H](C)[C@H]1C. The van der Waals surface area contributed by atoms with Gasteiger partial charge in [0.25, 0.3) is 0 Å². The van der Waals surface area contributed by atoms with E-state index in [1.807, 2.05) is 0 Å². The van der Waals surface area contributed by atoms with Crippen LogP contribution in [-0.2, 0) is 0 Å². The first-order valence-corrected chi connectivity index (χ1v) is 4.98. The van der Waals surface area contributed by atoms with Crippen molar-refractivity contribution in [1.29, 1.82) is 0 Å². The third-order valence-electron chi connectivity index (χ3n) is 4.35. The molecule has 66 valence electrons. The third-order valence-corrected chi connectivity index (χ3v) is 4.35. The molecule has 0 aromatic rings. The van der Waals surface area contributed by atoms with Gasteiger partial charge < -0.3 is 0 Å². The zero-order valence-corrected chi connectivity index (χ0v) is 8.65. The van der Waals surface area contributed by atoms with E-state index in [9.17, 15) is 0 Å². The lowest BCUT2D eigenvalue weighted by atomic mass is 9.70. The number of rotatable bonds is 1. The van der Waals surface area contributed by atoms with Gasteiger partial charge in [-0.15, -0.1) is 0 Å². The minimum Gasteiger partial charge on any atom is -0.0622 e. The molecule has 1 aliphatic carbocycles. The largest absolute Gasteiger partial charge is 0.0622 e. The standard InChI is InChI=1S/C11H22/c1-8(2)11(5)7-6-9(3)10(11)4/h8-10H,6-7H2,1-5H3/t9-,10+,11?/m0/s1. The Hall–Kier alpha value is 0. The van der Waals surface area contributed by atoms with E-state index in [2.05, 4.69) is 34.6 Å². The maximum atomic E-state index is 2.46. The fourth-order valence-electron chi connectivity index (χ4n) is 2.48. The quantitative estimate of drug-likeness (QED) is 0.540. The average Bonchev–Trinajstić information content (AvgIpc) is 2.18. The van der Waals surface area contributed by atoms with E-state index in [4.69, 9.17) is 0 Å². The highest BCUT2D eigenvalue weighted by atomic mass is 14.5. The van der Waals surface area contributed by atoms with Crippen LogP contribution in [0.3, 0.4) is 0 Å². The molecule has 0 bridgehead atoms. The van der Waals surface area contributed by atoms with Crippen LogP contribution in [0.5, 0.6) is 0 Å². The van der Waals surface area contributed by atoms with Gasteiger partial charge in [0, 0.05) is 0 Å². The first-order chi connectivity index (χ1) is 4.98. The van der Waals surface area contributed by atoms with Crippen LogP contribution in [0.2, 0.25) is 0 Å². The molecule has 0 N–H and O–H groups in total. The summed E-state index contributed by atoms with van der Waals surface area (Å²) in [7, 11) is 0. The zero-order valence-electron chi connectivity index (χ0n) is 8.65. The van der Waals surface area contributed by atoms with Crippen molar-refractivity contribution in [2.75, 3.05) is 0 Å². The van der Waals surface area contributed by atoms with E-state index < -0.39 is 0 Å². The summed E-state index contributed by atoms with van der Waals surface area (Å²) in [6.07, 6.45) is 2.88. The molecule has 1 saturated carbocycles. The van der Waals surface area contributed by atoms with Crippen molar-refractivity contribution in [3.05, 3.63) is 0 Å². The summed E-state index contributed by atoms with van der Waals surface area (Å²) >= 11 is 0. The summed E-state index contributed by atoms with van der Waals surface area (Å²) in [5.41, 5.74) is 0.624. The van der Waals surface area contributed by atoms with Gasteiger partial charge in [-0.3, -0.25) is 0 Å². The lowest BCUT2D eigenvalue weighted by molar-refractivity contribution is 0.143. The van der Waals surface area contributed by atoms with Crippen LogP contribution in [0.1, 0.15) is 47.5 Å². The van der Waals surface area contributed by atoms with Crippen molar-refractivity contribution >= 4 is 0 Å². The molecule has 0 aromatic carbocycles. The molecule has 0 heteroatoms. The highest BCUT2D eigenvalue weighted by Gasteiger charge is 2.41. The molecule has 1 unspecified atom stereocenters. The van der Waals surface area contributed by atoms with Crippen molar-refractivity contribution < 1.29 is 0 Å². The Morgan fingerprint density at radius 2 is 1.82 bits per heavy atom. The molecule has 0 nitrogen and oxygen atoms in total. The topological polar surface area (TPSA) is 0 Å². The predicted molar refractivity (Wildman–Crippen MR) is 50.5 cm³/mol. The van der Waals surface area contributed by atoms with E-state index in [1.165, 1.54) is 12.8 Å². The van der Waals surface area contributed by atoms with Crippen molar-refractivity contribution in [2.24, 2.45) is 23.2 Å². The fraction of sp³-hybridized carbons (Fsp3) is 1.00. The molecule has 11 heavy (non-hydrogen) atoms. The zero-order chi connectivity index (χ0) is 8.65. The monoisotopic (exact) mass is 154 g/mol. The highest BCUT2D eigenvalue weighted by Crippen LogP contribution is 2.50. The summed E-state index contributed by atoms with van der Waals surface area (Å²) in [4.78, 5) is 0. The van der Waals surface area contributed by atoms with Crippen LogP contribution < -0.4 is 0 Å². The van der Waals surface area contributed by atoms with Crippen LogP contribution in [0.4, 0.5) is 0 Å². The Labute approximate surface area is 71.4 Å². The van der Waals surface area contributed by atoms with Crippen molar-refractivity contribution in [3.8, 4) is 0 Å². The van der Waals surface area contributed by atoms with Gasteiger partial charge in [-0.1, -0.05) is 34.6 Å². The Balaban J connectivity index is 2.73. The molecule has 0 radical (unpaired) electrons. The second kappa shape index (κ2) is 2.80. The van der Waals surface area contributed by atoms with E-state index >= 15 is 0 Å². The normalized spacial score (nSPS) is 45.3. The van der Waals surface area contributed by atoms with Crippen LogP contribution in [0, 0.1) is 23.2 Å². The Kier molecular flexibility index (Phi) is 2.32. The van der Waals surface area contributed by atoms with E-state index in [0.717, 1.165) is 17.8 Å². The average molecular weight is 154 g/mol. The number of hydrogen-bond acceptors (Lipinski definition) is 0. The third kappa shape index (κ3) is 1.32. The van der Waals surface area contributed by atoms with E-state index in [0.29, 0.717) is 5.41 Å². The van der Waals surface area contributed by atoms with Crippen LogP contribution in [-0.4, -0.2) is 0 Å². The fourth-order valence-corrected chi connectivity index (χ4v) is 2.48. The second-order valence-electron chi connectivity index (χ2n) is 4.97. The molecule has 0 aliphatic heterocycles. The first-order valence-electron chi connectivity index (χ1n) is 4.98. The summed E-state index contributed by atoms with van der Waals surface area (Å²) in [5, 5.41) is 0. The summed E-state index contributed by atoms with van der Waals surface area (Å²) < 4.78 is 0. The van der Waals surface area contributed by atoms with Crippen LogP contribution in [0.25, 0.3) is 0 Å². The van der Waals surface area contributed by atoms with Gasteiger partial charge in [-0.05, 0) is 36.0 Å². The maximum Gasteiger partial charge on any atom is -0.0274 e. The molecule has 0 heterocycles. The van der Waals surface area contributed by atoms with Gasteiger partial charge in [0.15, 0.2) is 0 Å². The molecule has 0 aromatic heterocycles. The minimum absolute atomic E-state index is 0.624. The minimum atomic E-state index is 0.624. The van der Waals surface area contributed by atoms with Crippen molar-refractivity contribution in [2.45, 2.75) is 47.5 Å². The van der Waals surface area contributed by atoms with Gasteiger partial charge >= 0.3 is 0 Å². The van der Waals surface area contributed by atoms with Crippen LogP contribution in [0.15, 0.2) is 0 Å². The molecule has 1 aliphatic rings. The Morgan fingerprint density at radius 1 is 1.27 bits per heavy atom. The van der Waals surface area contributed by atoms with Gasteiger partial charge in [0.05, 0.1) is 0 Å². The molecule has 0 amide bonds. The molecule has 1 fully saturated rings. The Bertz CT molecular complexity index is 137. The van der Waals surface area contributed by atoms with Crippen molar-refractivity contribution in [3.63, 3.8) is 0 Å². The van der Waals surface area contributed by atoms with Gasteiger partial charge in [0.2, 0.25) is 0 Å². The number of hydrogen-bond donors (Lipinski definition) is 0. The van der Waals surface area contributed by atoms with Gasteiger partial charge in [0.1, 0.15) is 0 Å². The smallest absolute Gasteiger partial charge is 0.0274 e.